The molecule has 0 saturated carbocycles. The molecule has 0 aliphatic rings. The van der Waals surface area contributed by atoms with Gasteiger partial charge in [-0.2, -0.15) is 0 Å². The highest BCUT2D eigenvalue weighted by Crippen LogP contribution is 2.28. The second-order valence-corrected chi connectivity index (χ2v) is 8.32. The number of hydrogen-bond donors (Lipinski definition) is 1. The van der Waals surface area contributed by atoms with Gasteiger partial charge in [0.25, 0.3) is 0 Å². The Labute approximate surface area is 166 Å². The minimum Gasteiger partial charge on any atom is -0.354 e. The van der Waals surface area contributed by atoms with Crippen LogP contribution in [0.5, 0.6) is 0 Å². The first-order valence-corrected chi connectivity index (χ1v) is 10.3. The molecule has 3 aromatic rings. The number of aromatic nitrogens is 1. The highest BCUT2D eigenvalue weighted by Gasteiger charge is 2.18. The van der Waals surface area contributed by atoms with Crippen LogP contribution >= 0.6 is 34.3 Å². The molecule has 136 valence electrons. The van der Waals surface area contributed by atoms with E-state index in [-0.39, 0.29) is 18.4 Å². The van der Waals surface area contributed by atoms with Crippen LogP contribution in [-0.4, -0.2) is 36.4 Å². The van der Waals surface area contributed by atoms with E-state index < -0.39 is 0 Å². The van der Waals surface area contributed by atoms with Gasteiger partial charge in [0.15, 0.2) is 0 Å². The summed E-state index contributed by atoms with van der Waals surface area (Å²) in [4.78, 5) is 20.1. The van der Waals surface area contributed by atoms with Gasteiger partial charge in [0.05, 0.1) is 23.0 Å². The number of nitrogens with one attached hydrogen (secondary N) is 1. The Bertz CT molecular complexity index is 861. The van der Waals surface area contributed by atoms with Crippen LogP contribution in [0.3, 0.4) is 0 Å². The molecule has 0 aliphatic heterocycles. The number of nitrogens with zero attached hydrogens (tertiary/aromatic N) is 2. The minimum absolute atomic E-state index is 0.0183. The lowest BCUT2D eigenvalue weighted by atomic mass is 10.1. The Balaban J connectivity index is 1.60. The van der Waals surface area contributed by atoms with E-state index in [1.54, 1.807) is 22.7 Å². The molecule has 2 aromatic heterocycles. The third-order valence-electron chi connectivity index (χ3n) is 4.01. The van der Waals surface area contributed by atoms with E-state index in [0.29, 0.717) is 11.6 Å². The molecule has 4 nitrogen and oxygen atoms in total. The maximum absolute atomic E-state index is 12.4. The summed E-state index contributed by atoms with van der Waals surface area (Å²) in [6.07, 6.45) is 0.282. The molecule has 1 amide bonds. The zero-order chi connectivity index (χ0) is 18.5. The predicted molar refractivity (Wildman–Crippen MR) is 110 cm³/mol. The van der Waals surface area contributed by atoms with Crippen LogP contribution < -0.4 is 5.32 Å². The second-order valence-electron chi connectivity index (χ2n) is 6.10. The summed E-state index contributed by atoms with van der Waals surface area (Å²) in [5, 5.41) is 8.66. The van der Waals surface area contributed by atoms with Gasteiger partial charge in [0.1, 0.15) is 5.01 Å². The Hall–Kier alpha value is -1.73. The number of carbonyl (C=O) groups excluding carboxylic acids is 1. The number of thiazole rings is 1. The van der Waals surface area contributed by atoms with Crippen LogP contribution in [0.25, 0.3) is 9.88 Å². The summed E-state index contributed by atoms with van der Waals surface area (Å²) in [7, 11) is 3.96. The highest BCUT2D eigenvalue weighted by atomic mass is 35.5. The van der Waals surface area contributed by atoms with E-state index >= 15 is 0 Å². The minimum atomic E-state index is -0.0352. The molecule has 0 spiro atoms. The average Bonchev–Trinajstić information content (AvgIpc) is 3.27. The molecule has 0 bridgehead atoms. The van der Waals surface area contributed by atoms with Crippen molar-refractivity contribution in [3.8, 4) is 9.88 Å². The van der Waals surface area contributed by atoms with Gasteiger partial charge in [-0.3, -0.25) is 4.79 Å². The lowest BCUT2D eigenvalue weighted by Gasteiger charge is -2.26. The van der Waals surface area contributed by atoms with E-state index in [1.165, 1.54) is 0 Å². The average molecular weight is 406 g/mol. The number of rotatable bonds is 7. The van der Waals surface area contributed by atoms with Crippen molar-refractivity contribution >= 4 is 40.2 Å². The molecule has 2 heterocycles. The Morgan fingerprint density at radius 1 is 1.23 bits per heavy atom. The van der Waals surface area contributed by atoms with Crippen LogP contribution in [0.2, 0.25) is 5.02 Å². The first-order chi connectivity index (χ1) is 12.5. The maximum atomic E-state index is 12.4. The Morgan fingerprint density at radius 3 is 2.73 bits per heavy atom. The van der Waals surface area contributed by atoms with E-state index in [2.05, 4.69) is 15.2 Å². The topological polar surface area (TPSA) is 45.2 Å². The number of likely N-dealkylation sites (N-methyl/N-ethyl adjacent to an activating group) is 1. The summed E-state index contributed by atoms with van der Waals surface area (Å²) in [5.41, 5.74) is 1.81. The van der Waals surface area contributed by atoms with Crippen molar-refractivity contribution < 1.29 is 4.79 Å². The molecule has 3 rings (SSSR count). The SMILES string of the molecule is CN(C)C(CNC(=O)Cc1csc(-c2cccs2)n1)c1ccccc1Cl. The quantitative estimate of drug-likeness (QED) is 0.630. The molecule has 0 aliphatic carbocycles. The smallest absolute Gasteiger partial charge is 0.226 e. The highest BCUT2D eigenvalue weighted by molar-refractivity contribution is 7.20. The van der Waals surface area contributed by atoms with Crippen LogP contribution in [0.1, 0.15) is 17.3 Å². The van der Waals surface area contributed by atoms with Gasteiger partial charge in [0, 0.05) is 16.9 Å². The third-order valence-corrected chi connectivity index (χ3v) is 6.28. The predicted octanol–water partition coefficient (Wildman–Crippen LogP) is 4.49. The van der Waals surface area contributed by atoms with Crippen molar-refractivity contribution in [2.75, 3.05) is 20.6 Å². The van der Waals surface area contributed by atoms with Crippen molar-refractivity contribution in [1.29, 1.82) is 0 Å². The monoisotopic (exact) mass is 405 g/mol. The molecule has 0 fully saturated rings. The molecule has 1 aromatic carbocycles. The summed E-state index contributed by atoms with van der Waals surface area (Å²) in [6, 6.07) is 11.8. The Kier molecular flexibility index (Phi) is 6.43. The van der Waals surface area contributed by atoms with E-state index in [1.807, 2.05) is 61.3 Å². The van der Waals surface area contributed by atoms with Gasteiger partial charge in [-0.05, 0) is 37.2 Å². The van der Waals surface area contributed by atoms with Crippen LogP contribution in [0.15, 0.2) is 47.2 Å². The normalized spacial score (nSPS) is 12.3. The van der Waals surface area contributed by atoms with Gasteiger partial charge < -0.3 is 10.2 Å². The molecular formula is C19H20ClN3OS2. The van der Waals surface area contributed by atoms with Crippen molar-refractivity contribution in [3.63, 3.8) is 0 Å². The van der Waals surface area contributed by atoms with Crippen molar-refractivity contribution in [1.82, 2.24) is 15.2 Å². The van der Waals surface area contributed by atoms with E-state index in [0.717, 1.165) is 21.1 Å². The van der Waals surface area contributed by atoms with Gasteiger partial charge in [-0.25, -0.2) is 4.98 Å². The van der Waals surface area contributed by atoms with Gasteiger partial charge in [-0.1, -0.05) is 35.9 Å². The molecule has 0 radical (unpaired) electrons. The molecule has 26 heavy (non-hydrogen) atoms. The Morgan fingerprint density at radius 2 is 2.04 bits per heavy atom. The number of thiophene rings is 1. The second kappa shape index (κ2) is 8.77. The number of benzene rings is 1. The maximum Gasteiger partial charge on any atom is 0.226 e. The number of halogens is 1. The van der Waals surface area contributed by atoms with E-state index in [9.17, 15) is 4.79 Å². The van der Waals surface area contributed by atoms with E-state index in [4.69, 9.17) is 11.6 Å². The van der Waals surface area contributed by atoms with Crippen molar-refractivity contribution in [2.24, 2.45) is 0 Å². The number of carbonyl (C=O) groups is 1. The first-order valence-electron chi connectivity index (χ1n) is 8.20. The first kappa shape index (κ1) is 19.0. The molecule has 0 saturated heterocycles. The van der Waals surface area contributed by atoms with Crippen molar-refractivity contribution in [3.05, 3.63) is 63.4 Å². The molecule has 1 unspecified atom stereocenters. The summed E-state index contributed by atoms with van der Waals surface area (Å²) in [6.45, 7) is 0.498. The lowest BCUT2D eigenvalue weighted by Crippen LogP contribution is -2.35. The largest absolute Gasteiger partial charge is 0.354 e. The van der Waals surface area contributed by atoms with Gasteiger partial charge >= 0.3 is 0 Å². The van der Waals surface area contributed by atoms with Crippen molar-refractivity contribution in [2.45, 2.75) is 12.5 Å². The number of amides is 1. The fourth-order valence-electron chi connectivity index (χ4n) is 2.66. The fourth-order valence-corrected chi connectivity index (χ4v) is 4.55. The van der Waals surface area contributed by atoms with Crippen LogP contribution in [-0.2, 0) is 11.2 Å². The summed E-state index contributed by atoms with van der Waals surface area (Å²) < 4.78 is 0. The third kappa shape index (κ3) is 4.71. The zero-order valence-corrected chi connectivity index (χ0v) is 17.0. The van der Waals surface area contributed by atoms with Crippen LogP contribution in [0.4, 0.5) is 0 Å². The lowest BCUT2D eigenvalue weighted by molar-refractivity contribution is -0.120. The fraction of sp³-hybridized carbons (Fsp3) is 0.263. The summed E-state index contributed by atoms with van der Waals surface area (Å²) in [5.74, 6) is -0.0352. The summed E-state index contributed by atoms with van der Waals surface area (Å²) >= 11 is 9.54. The molecule has 1 N–H and O–H groups in total. The zero-order valence-electron chi connectivity index (χ0n) is 14.6. The van der Waals surface area contributed by atoms with Crippen LogP contribution in [0, 0.1) is 0 Å². The standard InChI is InChI=1S/C19H20ClN3OS2/c1-23(2)16(14-6-3-4-7-15(14)20)11-21-18(24)10-13-12-26-19(22-13)17-8-5-9-25-17/h3-9,12,16H,10-11H2,1-2H3,(H,21,24). The molecular weight excluding hydrogens is 386 g/mol. The molecule has 1 atom stereocenters. The van der Waals surface area contributed by atoms with Gasteiger partial charge in [0.2, 0.25) is 5.91 Å². The number of hydrogen-bond acceptors (Lipinski definition) is 5. The molecule has 7 heteroatoms. The van der Waals surface area contributed by atoms with Gasteiger partial charge in [-0.15, -0.1) is 22.7 Å².